The molecule has 1 heterocycles. The maximum absolute atomic E-state index is 12.0. The zero-order chi connectivity index (χ0) is 13.3. The van der Waals surface area contributed by atoms with E-state index >= 15 is 0 Å². The molecule has 0 atom stereocenters. The lowest BCUT2D eigenvalue weighted by atomic mass is 10.1. The molecule has 0 radical (unpaired) electrons. The number of benzene rings is 1. The summed E-state index contributed by atoms with van der Waals surface area (Å²) in [7, 11) is 0. The first-order valence-corrected chi connectivity index (χ1v) is 5.82. The molecule has 0 saturated carbocycles. The minimum atomic E-state index is -0.324. The van der Waals surface area contributed by atoms with Crippen LogP contribution in [0.5, 0.6) is 0 Å². The van der Waals surface area contributed by atoms with Gasteiger partial charge in [-0.2, -0.15) is 15.4 Å². The minimum Gasteiger partial charge on any atom is -0.319 e. The number of hydrogen-bond donors (Lipinski definition) is 2. The number of hydrogen-bond acceptors (Lipinski definition) is 3. The van der Waals surface area contributed by atoms with Crippen LogP contribution < -0.4 is 5.32 Å². The fraction of sp³-hybridized carbons (Fsp3) is 0.250. The van der Waals surface area contributed by atoms with Gasteiger partial charge in [-0.15, -0.1) is 0 Å². The van der Waals surface area contributed by atoms with Crippen LogP contribution in [0.4, 0.5) is 5.69 Å². The van der Waals surface area contributed by atoms with Crippen molar-refractivity contribution >= 4 is 23.2 Å². The minimum absolute atomic E-state index is 0.269. The van der Waals surface area contributed by atoms with Gasteiger partial charge in [0, 0.05) is 0 Å². The van der Waals surface area contributed by atoms with Gasteiger partial charge in [0.25, 0.3) is 5.91 Å². The van der Waals surface area contributed by atoms with Gasteiger partial charge in [0.2, 0.25) is 0 Å². The Bertz CT molecular complexity index is 583. The summed E-state index contributed by atoms with van der Waals surface area (Å²) in [5.41, 5.74) is 3.39. The van der Waals surface area contributed by atoms with E-state index < -0.39 is 0 Å². The van der Waals surface area contributed by atoms with Crippen LogP contribution in [0.25, 0.3) is 0 Å². The van der Waals surface area contributed by atoms with Crippen molar-refractivity contribution in [1.82, 2.24) is 15.4 Å². The summed E-state index contributed by atoms with van der Waals surface area (Å²) in [6.07, 6.45) is 0. The first-order chi connectivity index (χ1) is 8.49. The topological polar surface area (TPSA) is 70.7 Å². The fourth-order valence-corrected chi connectivity index (χ4v) is 2.11. The lowest BCUT2D eigenvalue weighted by Crippen LogP contribution is -2.15. The van der Waals surface area contributed by atoms with Crippen molar-refractivity contribution in [3.05, 3.63) is 39.7 Å². The van der Waals surface area contributed by atoms with E-state index in [1.807, 2.05) is 19.9 Å². The monoisotopic (exact) mass is 264 g/mol. The van der Waals surface area contributed by atoms with Crippen LogP contribution in [0.1, 0.15) is 27.3 Å². The third-order valence-corrected chi connectivity index (χ3v) is 2.91. The van der Waals surface area contributed by atoms with Gasteiger partial charge in [-0.25, -0.2) is 0 Å². The zero-order valence-electron chi connectivity index (χ0n) is 10.3. The Morgan fingerprint density at radius 3 is 2.56 bits per heavy atom. The average Bonchev–Trinajstić information content (AvgIpc) is 2.69. The highest BCUT2D eigenvalue weighted by Gasteiger charge is 2.16. The number of amides is 1. The summed E-state index contributed by atoms with van der Waals surface area (Å²) >= 11 is 6.12. The Balaban J connectivity index is 2.31. The molecule has 2 rings (SSSR count). The number of aryl methyl sites for hydroxylation is 3. The second-order valence-corrected chi connectivity index (χ2v) is 4.56. The van der Waals surface area contributed by atoms with Gasteiger partial charge in [-0.05, 0) is 38.0 Å². The number of rotatable bonds is 2. The van der Waals surface area contributed by atoms with Gasteiger partial charge in [0.1, 0.15) is 0 Å². The molecule has 2 aromatic rings. The molecule has 0 bridgehead atoms. The van der Waals surface area contributed by atoms with Gasteiger partial charge in [-0.1, -0.05) is 17.7 Å². The van der Waals surface area contributed by atoms with Gasteiger partial charge >= 0.3 is 0 Å². The summed E-state index contributed by atoms with van der Waals surface area (Å²) in [6, 6.07) is 3.76. The predicted octanol–water partition coefficient (Wildman–Crippen LogP) is 2.64. The highest BCUT2D eigenvalue weighted by molar-refractivity contribution is 6.34. The van der Waals surface area contributed by atoms with Crippen molar-refractivity contribution in [2.24, 2.45) is 0 Å². The number of aromatic nitrogens is 3. The lowest BCUT2D eigenvalue weighted by Gasteiger charge is -2.10. The number of nitrogens with zero attached hydrogens (tertiary/aromatic N) is 2. The van der Waals surface area contributed by atoms with Crippen LogP contribution in [0.3, 0.4) is 0 Å². The number of nitrogens with one attached hydrogen (secondary N) is 2. The molecule has 1 amide bonds. The van der Waals surface area contributed by atoms with E-state index in [-0.39, 0.29) is 11.6 Å². The normalized spacial score (nSPS) is 10.4. The first-order valence-electron chi connectivity index (χ1n) is 5.44. The summed E-state index contributed by atoms with van der Waals surface area (Å²) in [4.78, 5) is 12.0. The smallest absolute Gasteiger partial charge is 0.278 e. The van der Waals surface area contributed by atoms with Crippen LogP contribution >= 0.6 is 11.6 Å². The first kappa shape index (κ1) is 12.6. The maximum Gasteiger partial charge on any atom is 0.278 e. The third kappa shape index (κ3) is 2.36. The Labute approximate surface area is 110 Å². The van der Waals surface area contributed by atoms with E-state index in [0.29, 0.717) is 16.4 Å². The maximum atomic E-state index is 12.0. The molecule has 1 aromatic heterocycles. The average molecular weight is 265 g/mol. The van der Waals surface area contributed by atoms with E-state index in [1.165, 1.54) is 0 Å². The van der Waals surface area contributed by atoms with E-state index in [9.17, 15) is 4.79 Å². The Kier molecular flexibility index (Phi) is 3.34. The van der Waals surface area contributed by atoms with Crippen LogP contribution in [-0.4, -0.2) is 21.3 Å². The predicted molar refractivity (Wildman–Crippen MR) is 70.0 cm³/mol. The van der Waals surface area contributed by atoms with E-state index in [0.717, 1.165) is 11.1 Å². The Hall–Kier alpha value is -1.88. The van der Waals surface area contributed by atoms with E-state index in [2.05, 4.69) is 20.7 Å². The number of carbonyl (C=O) groups is 1. The van der Waals surface area contributed by atoms with E-state index in [1.54, 1.807) is 13.0 Å². The van der Waals surface area contributed by atoms with Crippen LogP contribution in [0.2, 0.25) is 5.02 Å². The molecule has 5 nitrogen and oxygen atoms in total. The number of carbonyl (C=O) groups excluding carboxylic acids is 1. The van der Waals surface area contributed by atoms with Crippen LogP contribution in [-0.2, 0) is 0 Å². The van der Waals surface area contributed by atoms with Crippen molar-refractivity contribution in [3.8, 4) is 0 Å². The van der Waals surface area contributed by atoms with Crippen LogP contribution in [0, 0.1) is 20.8 Å². The molecule has 0 fully saturated rings. The van der Waals surface area contributed by atoms with Crippen molar-refractivity contribution in [1.29, 1.82) is 0 Å². The highest BCUT2D eigenvalue weighted by Crippen LogP contribution is 2.27. The van der Waals surface area contributed by atoms with Gasteiger partial charge < -0.3 is 5.32 Å². The summed E-state index contributed by atoms with van der Waals surface area (Å²) < 4.78 is 0. The Morgan fingerprint density at radius 1 is 1.28 bits per heavy atom. The summed E-state index contributed by atoms with van der Waals surface area (Å²) in [6.45, 7) is 5.55. The molecule has 0 saturated heterocycles. The second-order valence-electron chi connectivity index (χ2n) is 4.15. The van der Waals surface area contributed by atoms with Crippen LogP contribution in [0.15, 0.2) is 12.1 Å². The third-order valence-electron chi connectivity index (χ3n) is 2.61. The van der Waals surface area contributed by atoms with Crippen molar-refractivity contribution in [2.75, 3.05) is 5.32 Å². The second kappa shape index (κ2) is 4.78. The Morgan fingerprint density at radius 2 is 2.00 bits per heavy atom. The molecule has 94 valence electrons. The van der Waals surface area contributed by atoms with Gasteiger partial charge in [0.15, 0.2) is 5.69 Å². The molecule has 0 aliphatic carbocycles. The molecule has 0 spiro atoms. The molecular weight excluding hydrogens is 252 g/mol. The summed E-state index contributed by atoms with van der Waals surface area (Å²) in [5, 5.41) is 13.3. The molecule has 0 unspecified atom stereocenters. The van der Waals surface area contributed by atoms with Crippen molar-refractivity contribution in [3.63, 3.8) is 0 Å². The fourth-order valence-electron chi connectivity index (χ4n) is 1.75. The zero-order valence-corrected chi connectivity index (χ0v) is 11.1. The molecule has 18 heavy (non-hydrogen) atoms. The number of halogens is 1. The molecule has 6 heteroatoms. The molecule has 0 aliphatic heterocycles. The van der Waals surface area contributed by atoms with Crippen molar-refractivity contribution in [2.45, 2.75) is 20.8 Å². The quantitative estimate of drug-likeness (QED) is 0.876. The highest BCUT2D eigenvalue weighted by atomic mass is 35.5. The summed E-state index contributed by atoms with van der Waals surface area (Å²) in [5.74, 6) is -0.324. The molecular formula is C12H13ClN4O. The number of H-pyrrole nitrogens is 1. The SMILES string of the molecule is Cc1cc(C)c(NC(=O)c2n[nH]nc2C)c(Cl)c1. The largest absolute Gasteiger partial charge is 0.319 e. The van der Waals surface area contributed by atoms with Crippen molar-refractivity contribution < 1.29 is 4.79 Å². The number of aromatic amines is 1. The van der Waals surface area contributed by atoms with Gasteiger partial charge in [-0.3, -0.25) is 4.79 Å². The van der Waals surface area contributed by atoms with E-state index in [4.69, 9.17) is 11.6 Å². The molecule has 0 aliphatic rings. The standard InChI is InChI=1S/C12H13ClN4O/c1-6-4-7(2)10(9(13)5-6)14-12(18)11-8(3)15-17-16-11/h4-5H,1-3H3,(H,14,18)(H,15,16,17). The number of anilines is 1. The molecule has 2 N–H and O–H groups in total. The molecule has 1 aromatic carbocycles. The lowest BCUT2D eigenvalue weighted by molar-refractivity contribution is 0.102. The van der Waals surface area contributed by atoms with Gasteiger partial charge in [0.05, 0.1) is 16.4 Å².